The summed E-state index contributed by atoms with van der Waals surface area (Å²) in [4.78, 5) is 0. The van der Waals surface area contributed by atoms with Gasteiger partial charge in [0.15, 0.2) is 0 Å². The van der Waals surface area contributed by atoms with Crippen LogP contribution in [0.5, 0.6) is 0 Å². The zero-order chi connectivity index (χ0) is 42.5. The molecule has 0 unspecified atom stereocenters. The third kappa shape index (κ3) is 3.35. The second kappa shape index (κ2) is 9.22. The summed E-state index contributed by atoms with van der Waals surface area (Å²) in [7, 11) is 0. The SMILES string of the molecule is [2H]c1c([2H])c([2H])c2c(c1[2H])c1c([2H])c([2H])c([2H])c([2H])c1n2-c1c([2H])c([2H])c2c(c1[2H])c1c([2H])c([2H])c([2H])c([2H])c1n2-c1cccc2c1c1ccccc1n2-c1ccccc1. The number of para-hydroxylation sites is 5. The van der Waals surface area contributed by atoms with Gasteiger partial charge in [-0.3, -0.25) is 0 Å². The maximum absolute atomic E-state index is 9.93. The summed E-state index contributed by atoms with van der Waals surface area (Å²) < 4.78 is 140. The van der Waals surface area contributed by atoms with E-state index in [4.69, 9.17) is 13.7 Å². The van der Waals surface area contributed by atoms with Crippen molar-refractivity contribution < 1.29 is 20.6 Å². The lowest BCUT2D eigenvalue weighted by Gasteiger charge is -2.12. The molecule has 210 valence electrons. The van der Waals surface area contributed by atoms with Gasteiger partial charge in [-0.1, -0.05) is 96.8 Å². The molecule has 0 spiro atoms. The van der Waals surface area contributed by atoms with Gasteiger partial charge in [0.05, 0.1) is 59.3 Å². The summed E-state index contributed by atoms with van der Waals surface area (Å²) in [6.07, 6.45) is 0. The topological polar surface area (TPSA) is 14.8 Å². The van der Waals surface area contributed by atoms with E-state index in [1.807, 2.05) is 60.7 Å². The molecule has 45 heavy (non-hydrogen) atoms. The number of hydrogen-bond donors (Lipinski definition) is 0. The normalized spacial score (nSPS) is 16.7. The van der Waals surface area contributed by atoms with Crippen molar-refractivity contribution in [2.24, 2.45) is 0 Å². The molecule has 3 nitrogen and oxygen atoms in total. The highest BCUT2D eigenvalue weighted by Gasteiger charge is 2.20. The molecule has 0 atom stereocenters. The molecular weight excluding hydrogens is 546 g/mol. The van der Waals surface area contributed by atoms with Gasteiger partial charge in [-0.2, -0.15) is 0 Å². The second-order valence-electron chi connectivity index (χ2n) is 10.6. The van der Waals surface area contributed by atoms with Crippen LogP contribution in [0.3, 0.4) is 0 Å². The highest BCUT2D eigenvalue weighted by Crippen LogP contribution is 2.41. The molecule has 0 fully saturated rings. The number of nitrogens with zero attached hydrogens (tertiary/aromatic N) is 3. The monoisotopic (exact) mass is 588 g/mol. The standard InChI is InChI=1S/C42H27N3/c1-2-13-28(14-3-1)43-38-22-11-7-18-33(38)42-40(43)23-12-24-41(42)45-37-21-10-6-17-32(37)34-27-29(25-26-39(34)45)44-35-19-8-4-15-30(35)31-16-5-9-20-36(31)44/h1-27H/i4D,5D,6D,8D,9D,10D,15D,16D,17D,19D,20D,21D,25D,26D,27D. The Balaban J connectivity index is 1.46. The molecule has 0 amide bonds. The third-order valence-electron chi connectivity index (χ3n) is 8.33. The van der Waals surface area contributed by atoms with Crippen molar-refractivity contribution in [3.8, 4) is 17.1 Å². The van der Waals surface area contributed by atoms with Crippen molar-refractivity contribution in [2.75, 3.05) is 0 Å². The van der Waals surface area contributed by atoms with Crippen molar-refractivity contribution in [2.45, 2.75) is 0 Å². The van der Waals surface area contributed by atoms with Crippen LogP contribution < -0.4 is 0 Å². The second-order valence-corrected chi connectivity index (χ2v) is 10.6. The fourth-order valence-electron chi connectivity index (χ4n) is 6.54. The van der Waals surface area contributed by atoms with Crippen LogP contribution in [0.25, 0.3) is 82.5 Å². The number of hydrogen-bond acceptors (Lipinski definition) is 0. The number of aromatic nitrogens is 3. The molecule has 0 aliphatic carbocycles. The molecule has 3 heteroatoms. The van der Waals surface area contributed by atoms with Crippen LogP contribution in [-0.4, -0.2) is 13.7 Å². The smallest absolute Gasteiger partial charge is 0.0652 e. The van der Waals surface area contributed by atoms with Crippen molar-refractivity contribution in [1.82, 2.24) is 13.7 Å². The molecule has 0 saturated carbocycles. The Morgan fingerprint density at radius 2 is 0.911 bits per heavy atom. The van der Waals surface area contributed by atoms with Crippen LogP contribution in [0.2, 0.25) is 0 Å². The highest BCUT2D eigenvalue weighted by molar-refractivity contribution is 6.17. The van der Waals surface area contributed by atoms with Gasteiger partial charge >= 0.3 is 0 Å². The Hall–Kier alpha value is -6.06. The van der Waals surface area contributed by atoms with Gasteiger partial charge < -0.3 is 13.7 Å². The Bertz CT molecular complexity index is 3530. The lowest BCUT2D eigenvalue weighted by molar-refractivity contribution is 1.16. The van der Waals surface area contributed by atoms with Gasteiger partial charge in [0, 0.05) is 43.7 Å². The molecule has 0 N–H and O–H groups in total. The number of fused-ring (bicyclic) bond motifs is 9. The number of rotatable bonds is 3. The minimum atomic E-state index is -0.703. The van der Waals surface area contributed by atoms with E-state index < -0.39 is 96.3 Å². The van der Waals surface area contributed by atoms with Gasteiger partial charge in [0.2, 0.25) is 0 Å². The molecular formula is C42H27N3. The minimum Gasteiger partial charge on any atom is -0.309 e. The molecule has 0 aliphatic heterocycles. The van der Waals surface area contributed by atoms with Gasteiger partial charge in [-0.25, -0.2) is 0 Å². The van der Waals surface area contributed by atoms with Crippen molar-refractivity contribution in [1.29, 1.82) is 0 Å². The van der Waals surface area contributed by atoms with E-state index in [0.717, 1.165) is 26.7 Å². The molecule has 10 aromatic rings. The first-order valence-corrected chi connectivity index (χ1v) is 14.2. The van der Waals surface area contributed by atoms with Crippen LogP contribution in [0, 0.1) is 0 Å². The van der Waals surface area contributed by atoms with Gasteiger partial charge in [0.1, 0.15) is 0 Å². The fraction of sp³-hybridized carbons (Fsp3) is 0. The third-order valence-corrected chi connectivity index (χ3v) is 8.33. The molecule has 0 saturated heterocycles. The molecule has 10 rings (SSSR count). The summed E-state index contributed by atoms with van der Waals surface area (Å²) >= 11 is 0. The van der Waals surface area contributed by atoms with E-state index in [9.17, 15) is 6.85 Å². The van der Waals surface area contributed by atoms with Gasteiger partial charge in [-0.15, -0.1) is 0 Å². The van der Waals surface area contributed by atoms with Crippen molar-refractivity contribution in [3.05, 3.63) is 163 Å². The summed E-state index contributed by atoms with van der Waals surface area (Å²) in [6.45, 7) is 0. The van der Waals surface area contributed by atoms with Crippen molar-refractivity contribution >= 4 is 65.4 Å². The molecule has 3 heterocycles. The Kier molecular flexibility index (Phi) is 2.90. The first-order chi connectivity index (χ1) is 28.6. The van der Waals surface area contributed by atoms with Crippen LogP contribution in [0.1, 0.15) is 20.6 Å². The largest absolute Gasteiger partial charge is 0.309 e. The molecule has 7 aromatic carbocycles. The number of benzene rings is 7. The average molecular weight is 589 g/mol. The zero-order valence-electron chi connectivity index (χ0n) is 38.3. The maximum atomic E-state index is 9.93. The summed E-state index contributed by atoms with van der Waals surface area (Å²) in [5.41, 5.74) is 1.42. The first-order valence-electron chi connectivity index (χ1n) is 21.7. The Morgan fingerprint density at radius 1 is 0.356 bits per heavy atom. The van der Waals surface area contributed by atoms with E-state index in [1.54, 1.807) is 12.1 Å². The van der Waals surface area contributed by atoms with E-state index in [1.165, 1.54) is 4.57 Å². The van der Waals surface area contributed by atoms with Crippen LogP contribution in [0.4, 0.5) is 0 Å². The van der Waals surface area contributed by atoms with E-state index in [-0.39, 0.29) is 43.6 Å². The zero-order valence-corrected chi connectivity index (χ0v) is 23.3. The minimum absolute atomic E-state index is 0.0790. The first kappa shape index (κ1) is 14.1. The van der Waals surface area contributed by atoms with Crippen molar-refractivity contribution in [3.63, 3.8) is 0 Å². The molecule has 0 radical (unpaired) electrons. The quantitative estimate of drug-likeness (QED) is 0.195. The maximum Gasteiger partial charge on any atom is 0.0652 e. The predicted molar refractivity (Wildman–Crippen MR) is 189 cm³/mol. The van der Waals surface area contributed by atoms with E-state index in [2.05, 4.69) is 4.57 Å². The summed E-state index contributed by atoms with van der Waals surface area (Å²) in [5.74, 6) is 0. The summed E-state index contributed by atoms with van der Waals surface area (Å²) in [5, 5.41) is 0.548. The van der Waals surface area contributed by atoms with Crippen LogP contribution in [0.15, 0.2) is 163 Å². The fourth-order valence-corrected chi connectivity index (χ4v) is 6.54. The molecule has 0 aliphatic rings. The van der Waals surface area contributed by atoms with Crippen LogP contribution >= 0.6 is 0 Å². The predicted octanol–water partition coefficient (Wildman–Crippen LogP) is 11.0. The lowest BCUT2D eigenvalue weighted by atomic mass is 10.1. The average Bonchev–Trinajstić information content (AvgIpc) is 3.91. The summed E-state index contributed by atoms with van der Waals surface area (Å²) in [6, 6.07) is 13.4. The highest BCUT2D eigenvalue weighted by atomic mass is 15.0. The lowest BCUT2D eigenvalue weighted by Crippen LogP contribution is -1.97. The van der Waals surface area contributed by atoms with Gasteiger partial charge in [-0.05, 0) is 66.6 Å². The van der Waals surface area contributed by atoms with Gasteiger partial charge in [0.25, 0.3) is 0 Å². The van der Waals surface area contributed by atoms with E-state index >= 15 is 0 Å². The van der Waals surface area contributed by atoms with E-state index in [0.29, 0.717) is 11.1 Å². The van der Waals surface area contributed by atoms with Crippen LogP contribution in [-0.2, 0) is 0 Å². The molecule has 0 bridgehead atoms. The Labute approximate surface area is 280 Å². The molecule has 3 aromatic heterocycles. The Morgan fingerprint density at radius 3 is 1.64 bits per heavy atom.